The van der Waals surface area contributed by atoms with Gasteiger partial charge in [0.2, 0.25) is 0 Å². The van der Waals surface area contributed by atoms with Crippen LogP contribution < -0.4 is 18.9 Å². The van der Waals surface area contributed by atoms with Gasteiger partial charge in [-0.2, -0.15) is 0 Å². The van der Waals surface area contributed by atoms with Crippen molar-refractivity contribution in [1.29, 1.82) is 0 Å². The van der Waals surface area contributed by atoms with Crippen LogP contribution in [0.15, 0.2) is 84.9 Å². The number of ether oxygens (including phenoxy) is 4. The van der Waals surface area contributed by atoms with Gasteiger partial charge in [0.1, 0.15) is 23.0 Å². The minimum Gasteiger partial charge on any atom is -0.493 e. The number of hydrogen-bond donors (Lipinski definition) is 0. The van der Waals surface area contributed by atoms with E-state index in [0.29, 0.717) is 26.4 Å². The molecule has 0 aliphatic carbocycles. The lowest BCUT2D eigenvalue weighted by atomic mass is 9.99. The van der Waals surface area contributed by atoms with Crippen molar-refractivity contribution < 1.29 is 18.9 Å². The molecule has 0 saturated heterocycles. The minimum atomic E-state index is 0.635. The van der Waals surface area contributed by atoms with Crippen LogP contribution in [0.5, 0.6) is 23.0 Å². The highest BCUT2D eigenvalue weighted by Gasteiger charge is 2.15. The lowest BCUT2D eigenvalue weighted by Gasteiger charge is -2.18. The second kappa shape index (κ2) is 16.3. The third-order valence-electron chi connectivity index (χ3n) is 6.68. The molecule has 4 nitrogen and oxygen atoms in total. The SMILES string of the molecule is CCCOc1cc(-c2ccccc2)c(OCCC)cc1/C=C/c1cc(OCCC)c(-c2ccccc2)cc1OCCC. The first kappa shape index (κ1) is 30.8. The fourth-order valence-electron chi connectivity index (χ4n) is 4.61. The minimum absolute atomic E-state index is 0.635. The van der Waals surface area contributed by atoms with Gasteiger partial charge in [-0.3, -0.25) is 0 Å². The Morgan fingerprint density at radius 2 is 0.762 bits per heavy atom. The predicted molar refractivity (Wildman–Crippen MR) is 176 cm³/mol. The van der Waals surface area contributed by atoms with E-state index in [2.05, 4.69) is 113 Å². The van der Waals surface area contributed by atoms with E-state index in [1.54, 1.807) is 0 Å². The Kier molecular flexibility index (Phi) is 11.9. The van der Waals surface area contributed by atoms with E-state index >= 15 is 0 Å². The fraction of sp³-hybridized carbons (Fsp3) is 0.316. The van der Waals surface area contributed by atoms with Crippen LogP contribution in [0.2, 0.25) is 0 Å². The molecule has 4 aromatic rings. The van der Waals surface area contributed by atoms with Crippen molar-refractivity contribution in [2.45, 2.75) is 53.4 Å². The molecule has 0 amide bonds. The van der Waals surface area contributed by atoms with E-state index in [0.717, 1.165) is 82.1 Å². The Labute approximate surface area is 251 Å². The standard InChI is InChI=1S/C38H44O4/c1-5-21-39-35-27-33(29-15-11-9-12-16-29)37(41-23-7-3)25-31(35)19-20-32-26-38(42-24-8-4)34(28-36(32)40-22-6-2)30-17-13-10-14-18-30/h9-20,25-28H,5-8,21-24H2,1-4H3/b20-19+. The molecule has 42 heavy (non-hydrogen) atoms. The average Bonchev–Trinajstić information content (AvgIpc) is 3.04. The second-order valence-corrected chi connectivity index (χ2v) is 10.2. The largest absolute Gasteiger partial charge is 0.493 e. The molecule has 0 aliphatic rings. The molecule has 4 heteroatoms. The molecule has 4 aromatic carbocycles. The van der Waals surface area contributed by atoms with E-state index in [-0.39, 0.29) is 0 Å². The van der Waals surface area contributed by atoms with Crippen molar-refractivity contribution in [3.8, 4) is 45.3 Å². The van der Waals surface area contributed by atoms with E-state index in [9.17, 15) is 0 Å². The van der Waals surface area contributed by atoms with Gasteiger partial charge in [-0.15, -0.1) is 0 Å². The summed E-state index contributed by atoms with van der Waals surface area (Å²) in [5, 5.41) is 0. The molecule has 0 heterocycles. The van der Waals surface area contributed by atoms with Crippen LogP contribution in [0, 0.1) is 0 Å². The second-order valence-electron chi connectivity index (χ2n) is 10.2. The fourth-order valence-corrected chi connectivity index (χ4v) is 4.61. The van der Waals surface area contributed by atoms with E-state index in [1.807, 2.05) is 12.1 Å². The molecule has 0 fully saturated rings. The summed E-state index contributed by atoms with van der Waals surface area (Å²) in [4.78, 5) is 0. The topological polar surface area (TPSA) is 36.9 Å². The number of hydrogen-bond acceptors (Lipinski definition) is 4. The van der Waals surface area contributed by atoms with Gasteiger partial charge in [0, 0.05) is 22.3 Å². The highest BCUT2D eigenvalue weighted by Crippen LogP contribution is 2.40. The van der Waals surface area contributed by atoms with Crippen molar-refractivity contribution >= 4 is 12.2 Å². The first-order valence-corrected chi connectivity index (χ1v) is 15.3. The highest BCUT2D eigenvalue weighted by atomic mass is 16.5. The van der Waals surface area contributed by atoms with Crippen LogP contribution in [0.25, 0.3) is 34.4 Å². The molecule has 0 atom stereocenters. The summed E-state index contributed by atoms with van der Waals surface area (Å²) < 4.78 is 25.1. The van der Waals surface area contributed by atoms with Gasteiger partial charge >= 0.3 is 0 Å². The number of rotatable bonds is 16. The maximum absolute atomic E-state index is 6.28. The Morgan fingerprint density at radius 1 is 0.429 bits per heavy atom. The summed E-state index contributed by atoms with van der Waals surface area (Å²) in [6.07, 6.45) is 7.90. The Hall–Kier alpha value is -4.18. The van der Waals surface area contributed by atoms with Crippen molar-refractivity contribution in [2.75, 3.05) is 26.4 Å². The summed E-state index contributed by atoms with van der Waals surface area (Å²) in [7, 11) is 0. The monoisotopic (exact) mass is 564 g/mol. The molecule has 0 aliphatic heterocycles. The average molecular weight is 565 g/mol. The molecule has 0 bridgehead atoms. The third kappa shape index (κ3) is 8.19. The predicted octanol–water partition coefficient (Wildman–Crippen LogP) is 10.3. The van der Waals surface area contributed by atoms with Gasteiger partial charge in [0.05, 0.1) is 26.4 Å². The summed E-state index contributed by atoms with van der Waals surface area (Å²) >= 11 is 0. The number of benzene rings is 4. The zero-order valence-corrected chi connectivity index (χ0v) is 25.5. The molecular weight excluding hydrogens is 520 g/mol. The molecule has 0 N–H and O–H groups in total. The Balaban J connectivity index is 1.82. The van der Waals surface area contributed by atoms with Crippen molar-refractivity contribution in [2.24, 2.45) is 0 Å². The zero-order valence-electron chi connectivity index (χ0n) is 25.5. The molecule has 220 valence electrons. The molecule has 4 rings (SSSR count). The summed E-state index contributed by atoms with van der Waals surface area (Å²) in [5.41, 5.74) is 6.18. The zero-order chi connectivity index (χ0) is 29.6. The lowest BCUT2D eigenvalue weighted by molar-refractivity contribution is 0.309. The van der Waals surface area contributed by atoms with Gasteiger partial charge in [-0.25, -0.2) is 0 Å². The van der Waals surface area contributed by atoms with Gasteiger partial charge in [0.15, 0.2) is 0 Å². The maximum Gasteiger partial charge on any atom is 0.127 e. The maximum atomic E-state index is 6.28. The van der Waals surface area contributed by atoms with Crippen LogP contribution in [-0.4, -0.2) is 26.4 Å². The molecular formula is C38H44O4. The van der Waals surface area contributed by atoms with E-state index < -0.39 is 0 Å². The third-order valence-corrected chi connectivity index (χ3v) is 6.68. The van der Waals surface area contributed by atoms with Gasteiger partial charge in [-0.1, -0.05) is 101 Å². The first-order valence-electron chi connectivity index (χ1n) is 15.3. The molecule has 0 unspecified atom stereocenters. The van der Waals surface area contributed by atoms with Gasteiger partial charge in [-0.05, 0) is 61.1 Å². The Morgan fingerprint density at radius 3 is 1.10 bits per heavy atom. The van der Waals surface area contributed by atoms with Crippen molar-refractivity contribution in [1.82, 2.24) is 0 Å². The summed E-state index contributed by atoms with van der Waals surface area (Å²) in [5.74, 6) is 3.35. The summed E-state index contributed by atoms with van der Waals surface area (Å²) in [6, 6.07) is 29.1. The lowest BCUT2D eigenvalue weighted by Crippen LogP contribution is -2.02. The molecule has 0 saturated carbocycles. The van der Waals surface area contributed by atoms with E-state index in [4.69, 9.17) is 18.9 Å². The van der Waals surface area contributed by atoms with Crippen LogP contribution in [0.3, 0.4) is 0 Å². The van der Waals surface area contributed by atoms with E-state index in [1.165, 1.54) is 0 Å². The van der Waals surface area contributed by atoms with Crippen LogP contribution in [-0.2, 0) is 0 Å². The Bertz CT molecular complexity index is 1300. The van der Waals surface area contributed by atoms with Gasteiger partial charge in [0.25, 0.3) is 0 Å². The van der Waals surface area contributed by atoms with Crippen LogP contribution in [0.4, 0.5) is 0 Å². The van der Waals surface area contributed by atoms with Crippen molar-refractivity contribution in [3.63, 3.8) is 0 Å². The highest BCUT2D eigenvalue weighted by molar-refractivity contribution is 5.83. The molecule has 0 aromatic heterocycles. The molecule has 0 spiro atoms. The van der Waals surface area contributed by atoms with Crippen LogP contribution >= 0.6 is 0 Å². The van der Waals surface area contributed by atoms with Crippen LogP contribution in [0.1, 0.15) is 64.5 Å². The van der Waals surface area contributed by atoms with Crippen molar-refractivity contribution in [3.05, 3.63) is 96.1 Å². The smallest absolute Gasteiger partial charge is 0.127 e. The quantitative estimate of drug-likeness (QED) is 0.127. The first-order chi connectivity index (χ1) is 20.7. The van der Waals surface area contributed by atoms with Gasteiger partial charge < -0.3 is 18.9 Å². The normalized spacial score (nSPS) is 11.0. The summed E-state index contributed by atoms with van der Waals surface area (Å²) in [6.45, 7) is 11.0. The molecule has 0 radical (unpaired) electrons.